The van der Waals surface area contributed by atoms with Gasteiger partial charge in [0, 0.05) is 18.0 Å². The highest BCUT2D eigenvalue weighted by Crippen LogP contribution is 2.23. The maximum atomic E-state index is 12.1. The lowest BCUT2D eigenvalue weighted by molar-refractivity contribution is -0.132. The van der Waals surface area contributed by atoms with E-state index in [1.807, 2.05) is 17.5 Å². The molecule has 1 aliphatic heterocycles. The average molecular weight is 253 g/mol. The normalized spacial score (nSPS) is 21.5. The second-order valence-electron chi connectivity index (χ2n) is 4.17. The average Bonchev–Trinajstić information content (AvgIpc) is 2.97. The third-order valence-electron chi connectivity index (χ3n) is 3.02. The van der Waals surface area contributed by atoms with Crippen LogP contribution in [0.4, 0.5) is 0 Å². The molecule has 1 aromatic rings. The van der Waals surface area contributed by atoms with Crippen LogP contribution >= 0.6 is 11.3 Å². The molecular weight excluding hydrogens is 238 g/mol. The van der Waals surface area contributed by atoms with Gasteiger partial charge in [0.05, 0.1) is 5.92 Å². The molecule has 2 rings (SSSR count). The number of carbonyl (C=O) groups excluding carboxylic acids is 2. The summed E-state index contributed by atoms with van der Waals surface area (Å²) in [5, 5.41) is 1.89. The third-order valence-corrected chi connectivity index (χ3v) is 3.97. The van der Waals surface area contributed by atoms with Crippen LogP contribution in [0.3, 0.4) is 0 Å². The lowest BCUT2D eigenvalue weighted by Gasteiger charge is -2.19. The van der Waals surface area contributed by atoms with Crippen molar-refractivity contribution in [3.8, 4) is 0 Å². The zero-order valence-electron chi connectivity index (χ0n) is 9.33. The van der Waals surface area contributed by atoms with Crippen molar-refractivity contribution in [1.29, 1.82) is 0 Å². The predicted molar refractivity (Wildman–Crippen MR) is 65.1 cm³/mol. The first kappa shape index (κ1) is 12.1. The van der Waals surface area contributed by atoms with Crippen LogP contribution < -0.4 is 11.5 Å². The fourth-order valence-electron chi connectivity index (χ4n) is 1.98. The molecule has 0 radical (unpaired) electrons. The number of carbonyl (C=O) groups is 2. The number of likely N-dealkylation sites (tertiary alicyclic amines) is 1. The summed E-state index contributed by atoms with van der Waals surface area (Å²) in [6.45, 7) is 0.957. The summed E-state index contributed by atoms with van der Waals surface area (Å²) >= 11 is 1.46. The van der Waals surface area contributed by atoms with Gasteiger partial charge in [0.25, 0.3) is 0 Å². The first-order chi connectivity index (χ1) is 8.09. The van der Waals surface area contributed by atoms with Crippen molar-refractivity contribution in [2.75, 3.05) is 13.1 Å². The van der Waals surface area contributed by atoms with E-state index in [0.29, 0.717) is 19.5 Å². The van der Waals surface area contributed by atoms with Crippen LogP contribution in [-0.4, -0.2) is 29.8 Å². The van der Waals surface area contributed by atoms with Crippen molar-refractivity contribution in [3.05, 3.63) is 22.4 Å². The van der Waals surface area contributed by atoms with Gasteiger partial charge in [-0.1, -0.05) is 6.07 Å². The Morgan fingerprint density at radius 2 is 2.29 bits per heavy atom. The summed E-state index contributed by atoms with van der Waals surface area (Å²) < 4.78 is 0. The Labute approximate surface area is 103 Å². The Kier molecular flexibility index (Phi) is 3.44. The third kappa shape index (κ3) is 2.48. The van der Waals surface area contributed by atoms with E-state index in [1.165, 1.54) is 11.3 Å². The second kappa shape index (κ2) is 4.85. The molecule has 92 valence electrons. The van der Waals surface area contributed by atoms with E-state index >= 15 is 0 Å². The van der Waals surface area contributed by atoms with Gasteiger partial charge < -0.3 is 16.4 Å². The second-order valence-corrected chi connectivity index (χ2v) is 5.14. The van der Waals surface area contributed by atoms with E-state index in [1.54, 1.807) is 4.90 Å². The number of nitrogens with two attached hydrogens (primary N) is 2. The fourth-order valence-corrected chi connectivity index (χ4v) is 2.70. The minimum Gasteiger partial charge on any atom is -0.369 e. The van der Waals surface area contributed by atoms with Crippen LogP contribution in [0.1, 0.15) is 17.3 Å². The molecule has 2 amide bonds. The van der Waals surface area contributed by atoms with Gasteiger partial charge in [0.1, 0.15) is 6.04 Å². The van der Waals surface area contributed by atoms with E-state index in [0.717, 1.165) is 4.88 Å². The molecule has 6 heteroatoms. The van der Waals surface area contributed by atoms with Crippen molar-refractivity contribution in [2.45, 2.75) is 12.5 Å². The van der Waals surface area contributed by atoms with Crippen molar-refractivity contribution >= 4 is 23.2 Å². The molecule has 0 bridgehead atoms. The minimum absolute atomic E-state index is 0.129. The molecule has 1 aromatic heterocycles. The molecule has 0 saturated carbocycles. The Bertz CT molecular complexity index is 418. The van der Waals surface area contributed by atoms with E-state index in [-0.39, 0.29) is 17.7 Å². The largest absolute Gasteiger partial charge is 0.369 e. The van der Waals surface area contributed by atoms with Crippen molar-refractivity contribution < 1.29 is 9.59 Å². The molecule has 2 atom stereocenters. The van der Waals surface area contributed by atoms with E-state index < -0.39 is 6.04 Å². The summed E-state index contributed by atoms with van der Waals surface area (Å²) in [6, 6.07) is 3.08. The summed E-state index contributed by atoms with van der Waals surface area (Å²) in [5.74, 6) is -0.698. The molecule has 0 aliphatic carbocycles. The number of rotatable bonds is 3. The summed E-state index contributed by atoms with van der Waals surface area (Å²) in [4.78, 5) is 25.6. The van der Waals surface area contributed by atoms with Crippen LogP contribution in [0.15, 0.2) is 17.5 Å². The minimum atomic E-state index is -0.623. The fraction of sp³-hybridized carbons (Fsp3) is 0.455. The smallest absolute Gasteiger partial charge is 0.244 e. The molecule has 17 heavy (non-hydrogen) atoms. The molecule has 2 unspecified atom stereocenters. The van der Waals surface area contributed by atoms with Gasteiger partial charge in [0.2, 0.25) is 11.8 Å². The highest BCUT2D eigenvalue weighted by molar-refractivity contribution is 7.10. The lowest BCUT2D eigenvalue weighted by atomic mass is 10.1. The molecule has 1 aliphatic rings. The van der Waals surface area contributed by atoms with Gasteiger partial charge in [-0.3, -0.25) is 9.59 Å². The molecule has 0 aromatic carbocycles. The monoisotopic (exact) mass is 253 g/mol. The van der Waals surface area contributed by atoms with Crippen LogP contribution in [0.5, 0.6) is 0 Å². The topological polar surface area (TPSA) is 89.4 Å². The van der Waals surface area contributed by atoms with Gasteiger partial charge in [-0.25, -0.2) is 0 Å². The predicted octanol–water partition coefficient (Wildman–Crippen LogP) is 0.0817. The van der Waals surface area contributed by atoms with Crippen LogP contribution in [0.25, 0.3) is 0 Å². The quantitative estimate of drug-likeness (QED) is 0.799. The van der Waals surface area contributed by atoms with E-state index in [2.05, 4.69) is 0 Å². The number of primary amides is 1. The highest BCUT2D eigenvalue weighted by Gasteiger charge is 2.32. The maximum Gasteiger partial charge on any atom is 0.244 e. The first-order valence-electron chi connectivity index (χ1n) is 5.46. The number of amides is 2. The molecule has 0 spiro atoms. The molecule has 5 nitrogen and oxygen atoms in total. The molecule has 4 N–H and O–H groups in total. The SMILES string of the molecule is NC(=O)C1CCN(C(=O)C(N)c2cccs2)C1. The summed E-state index contributed by atoms with van der Waals surface area (Å²) in [6.07, 6.45) is 0.637. The zero-order chi connectivity index (χ0) is 12.4. The highest BCUT2D eigenvalue weighted by atomic mass is 32.1. The lowest BCUT2D eigenvalue weighted by Crippen LogP contribution is -2.37. The van der Waals surface area contributed by atoms with Gasteiger partial charge in [-0.15, -0.1) is 11.3 Å². The first-order valence-corrected chi connectivity index (χ1v) is 6.34. The molecule has 1 fully saturated rings. The van der Waals surface area contributed by atoms with Crippen LogP contribution in [0, 0.1) is 5.92 Å². The number of hydrogen-bond acceptors (Lipinski definition) is 4. The Morgan fingerprint density at radius 1 is 1.53 bits per heavy atom. The van der Waals surface area contributed by atoms with Crippen LogP contribution in [0.2, 0.25) is 0 Å². The van der Waals surface area contributed by atoms with Crippen molar-refractivity contribution in [3.63, 3.8) is 0 Å². The Balaban J connectivity index is 2.00. The number of nitrogens with zero attached hydrogens (tertiary/aromatic N) is 1. The molecule has 2 heterocycles. The van der Waals surface area contributed by atoms with Gasteiger partial charge >= 0.3 is 0 Å². The van der Waals surface area contributed by atoms with Crippen molar-refractivity contribution in [1.82, 2.24) is 4.90 Å². The van der Waals surface area contributed by atoms with Gasteiger partial charge in [-0.2, -0.15) is 0 Å². The molecule has 1 saturated heterocycles. The summed E-state index contributed by atoms with van der Waals surface area (Å²) in [5.41, 5.74) is 11.1. The number of hydrogen-bond donors (Lipinski definition) is 2. The Morgan fingerprint density at radius 3 is 2.82 bits per heavy atom. The van der Waals surface area contributed by atoms with E-state index in [4.69, 9.17) is 11.5 Å². The maximum absolute atomic E-state index is 12.1. The van der Waals surface area contributed by atoms with Gasteiger partial charge in [0.15, 0.2) is 0 Å². The standard InChI is InChI=1S/C11H15N3O2S/c12-9(8-2-1-5-17-8)11(16)14-4-3-7(6-14)10(13)15/h1-2,5,7,9H,3-4,6,12H2,(H2,13,15). The van der Waals surface area contributed by atoms with E-state index in [9.17, 15) is 9.59 Å². The molecular formula is C11H15N3O2S. The van der Waals surface area contributed by atoms with Crippen LogP contribution in [-0.2, 0) is 9.59 Å². The summed E-state index contributed by atoms with van der Waals surface area (Å²) in [7, 11) is 0. The number of thiophene rings is 1. The van der Waals surface area contributed by atoms with Crippen molar-refractivity contribution in [2.24, 2.45) is 17.4 Å². The Hall–Kier alpha value is -1.40. The van der Waals surface area contributed by atoms with Gasteiger partial charge in [-0.05, 0) is 17.9 Å². The zero-order valence-corrected chi connectivity index (χ0v) is 10.2.